The number of furan rings is 1. The Balaban J connectivity index is 1.77. The van der Waals surface area contributed by atoms with Crippen molar-refractivity contribution < 1.29 is 23.5 Å². The van der Waals surface area contributed by atoms with Crippen molar-refractivity contribution in [3.8, 4) is 0 Å². The highest BCUT2D eigenvalue weighted by atomic mass is 16.5. The molecule has 0 fully saturated rings. The molecule has 0 bridgehead atoms. The Morgan fingerprint density at radius 3 is 2.88 bits per heavy atom. The number of esters is 1. The Kier molecular flexibility index (Phi) is 6.12. The molecule has 9 nitrogen and oxygen atoms in total. The first kappa shape index (κ1) is 17.3. The number of nitrogens with zero attached hydrogens (tertiary/aromatic N) is 2. The second kappa shape index (κ2) is 8.51. The van der Waals surface area contributed by atoms with Crippen LogP contribution in [0.1, 0.15) is 29.7 Å². The van der Waals surface area contributed by atoms with Crippen LogP contribution < -0.4 is 10.6 Å². The first-order valence-corrected chi connectivity index (χ1v) is 7.39. The molecule has 0 saturated heterocycles. The first-order valence-electron chi connectivity index (χ1n) is 7.39. The number of hydrogen-bond donors (Lipinski definition) is 2. The molecule has 2 aromatic heterocycles. The Hall–Kier alpha value is -3.10. The maximum Gasteiger partial charge on any atom is 0.374 e. The lowest BCUT2D eigenvalue weighted by Gasteiger charge is -2.05. The molecule has 2 N–H and O–H groups in total. The van der Waals surface area contributed by atoms with Crippen molar-refractivity contribution in [2.24, 2.45) is 0 Å². The van der Waals surface area contributed by atoms with Crippen LogP contribution in [0, 0.1) is 0 Å². The molecule has 2 aromatic rings. The maximum atomic E-state index is 11.8. The summed E-state index contributed by atoms with van der Waals surface area (Å²) in [5, 5.41) is 8.54. The van der Waals surface area contributed by atoms with E-state index < -0.39 is 24.5 Å². The van der Waals surface area contributed by atoms with Gasteiger partial charge in [0.25, 0.3) is 5.91 Å². The summed E-state index contributed by atoms with van der Waals surface area (Å²) in [5.41, 5.74) is 0. The fourth-order valence-corrected chi connectivity index (χ4v) is 1.77. The molecule has 0 atom stereocenters. The smallest absolute Gasteiger partial charge is 0.374 e. The molecule has 2 heterocycles. The van der Waals surface area contributed by atoms with Gasteiger partial charge in [-0.25, -0.2) is 9.59 Å². The summed E-state index contributed by atoms with van der Waals surface area (Å²) in [7, 11) is 0. The van der Waals surface area contributed by atoms with Crippen LogP contribution in [0.15, 0.2) is 35.0 Å². The Morgan fingerprint density at radius 2 is 2.17 bits per heavy atom. The number of imide groups is 1. The summed E-state index contributed by atoms with van der Waals surface area (Å²) in [6.07, 6.45) is 4.14. The van der Waals surface area contributed by atoms with Crippen LogP contribution in [-0.2, 0) is 16.1 Å². The number of carbonyl (C=O) groups is 3. The van der Waals surface area contributed by atoms with Crippen LogP contribution in [0.5, 0.6) is 0 Å². The van der Waals surface area contributed by atoms with Crippen LogP contribution in [0.3, 0.4) is 0 Å². The molecule has 9 heteroatoms. The van der Waals surface area contributed by atoms with Crippen molar-refractivity contribution in [3.05, 3.63) is 42.1 Å². The van der Waals surface area contributed by atoms with Gasteiger partial charge in [0.1, 0.15) is 5.76 Å². The van der Waals surface area contributed by atoms with E-state index in [9.17, 15) is 14.4 Å². The molecule has 0 aliphatic heterocycles. The van der Waals surface area contributed by atoms with Crippen molar-refractivity contribution in [2.75, 3.05) is 13.2 Å². The predicted octanol–water partition coefficient (Wildman–Crippen LogP) is 0.917. The fourth-order valence-electron chi connectivity index (χ4n) is 1.77. The predicted molar refractivity (Wildman–Crippen MR) is 82.2 cm³/mol. The summed E-state index contributed by atoms with van der Waals surface area (Å²) in [4.78, 5) is 34.6. The molecule has 0 aromatic carbocycles. The highest BCUT2D eigenvalue weighted by Crippen LogP contribution is 2.10. The Bertz CT molecular complexity index is 693. The number of urea groups is 1. The van der Waals surface area contributed by atoms with Gasteiger partial charge in [-0.05, 0) is 24.6 Å². The average Bonchev–Trinajstić information content (AvgIpc) is 3.23. The summed E-state index contributed by atoms with van der Waals surface area (Å²) < 4.78 is 11.8. The van der Waals surface area contributed by atoms with Crippen LogP contribution in [0.4, 0.5) is 4.79 Å². The van der Waals surface area contributed by atoms with E-state index in [0.717, 1.165) is 6.42 Å². The summed E-state index contributed by atoms with van der Waals surface area (Å²) in [6.45, 7) is 2.13. The highest BCUT2D eigenvalue weighted by molar-refractivity contribution is 5.96. The number of nitrogens with one attached hydrogen (secondary N) is 2. The van der Waals surface area contributed by atoms with E-state index in [-0.39, 0.29) is 5.76 Å². The Morgan fingerprint density at radius 1 is 1.33 bits per heavy atom. The molecule has 2 rings (SSSR count). The summed E-state index contributed by atoms with van der Waals surface area (Å²) in [5.74, 6) is -1.01. The minimum absolute atomic E-state index is 0.0274. The molecular weight excluding hydrogens is 316 g/mol. The van der Waals surface area contributed by atoms with Gasteiger partial charge in [0.2, 0.25) is 5.76 Å². The van der Waals surface area contributed by atoms with Crippen molar-refractivity contribution in [3.63, 3.8) is 0 Å². The Labute approximate surface area is 138 Å². The first-order chi connectivity index (χ1) is 11.6. The lowest BCUT2D eigenvalue weighted by atomic mass is 10.4. The number of ether oxygens (including phenoxy) is 1. The third-order valence-electron chi connectivity index (χ3n) is 2.86. The molecular formula is C15H18N4O5. The molecule has 3 amide bonds. The summed E-state index contributed by atoms with van der Waals surface area (Å²) in [6, 6.07) is 4.22. The monoisotopic (exact) mass is 334 g/mol. The quantitative estimate of drug-likeness (QED) is 0.727. The average molecular weight is 334 g/mol. The third-order valence-corrected chi connectivity index (χ3v) is 2.86. The minimum Gasteiger partial charge on any atom is -0.452 e. The van der Waals surface area contributed by atoms with Gasteiger partial charge in [-0.15, -0.1) is 0 Å². The fraction of sp³-hybridized carbons (Fsp3) is 0.333. The maximum absolute atomic E-state index is 11.8. The van der Waals surface area contributed by atoms with Gasteiger partial charge in [0, 0.05) is 18.9 Å². The number of carbonyl (C=O) groups excluding carboxylic acids is 3. The molecule has 0 unspecified atom stereocenters. The second-order valence-electron chi connectivity index (χ2n) is 4.85. The van der Waals surface area contributed by atoms with E-state index in [4.69, 9.17) is 9.15 Å². The number of rotatable bonds is 7. The van der Waals surface area contributed by atoms with Gasteiger partial charge in [-0.1, -0.05) is 6.92 Å². The van der Waals surface area contributed by atoms with Gasteiger partial charge in [0.05, 0.1) is 6.54 Å². The van der Waals surface area contributed by atoms with Gasteiger partial charge in [-0.2, -0.15) is 5.10 Å². The lowest BCUT2D eigenvalue weighted by Crippen LogP contribution is -2.41. The second-order valence-corrected chi connectivity index (χ2v) is 4.85. The number of hydrogen-bond acceptors (Lipinski definition) is 6. The SMILES string of the molecule is CCCNC(=O)NC(=O)COC(=O)c1ccc(Cn2cccn2)o1. The van der Waals surface area contributed by atoms with E-state index in [1.807, 2.05) is 12.2 Å². The molecule has 0 spiro atoms. The molecule has 128 valence electrons. The molecule has 0 aliphatic rings. The topological polar surface area (TPSA) is 115 Å². The zero-order chi connectivity index (χ0) is 17.4. The van der Waals surface area contributed by atoms with Crippen LogP contribution in [0.2, 0.25) is 0 Å². The van der Waals surface area contributed by atoms with Crippen molar-refractivity contribution >= 4 is 17.9 Å². The molecule has 24 heavy (non-hydrogen) atoms. The molecule has 0 saturated carbocycles. The van der Waals surface area contributed by atoms with Gasteiger partial charge >= 0.3 is 12.0 Å². The van der Waals surface area contributed by atoms with Gasteiger partial charge < -0.3 is 14.5 Å². The lowest BCUT2D eigenvalue weighted by molar-refractivity contribution is -0.123. The normalized spacial score (nSPS) is 10.2. The molecule has 0 aliphatic carbocycles. The van der Waals surface area contributed by atoms with E-state index in [2.05, 4.69) is 10.4 Å². The highest BCUT2D eigenvalue weighted by Gasteiger charge is 2.16. The number of aromatic nitrogens is 2. The van der Waals surface area contributed by atoms with Crippen LogP contribution in [0.25, 0.3) is 0 Å². The van der Waals surface area contributed by atoms with Gasteiger partial charge in [0.15, 0.2) is 6.61 Å². The van der Waals surface area contributed by atoms with Crippen LogP contribution in [-0.4, -0.2) is 40.8 Å². The van der Waals surface area contributed by atoms with E-state index >= 15 is 0 Å². The van der Waals surface area contributed by atoms with Crippen molar-refractivity contribution in [1.82, 2.24) is 20.4 Å². The largest absolute Gasteiger partial charge is 0.452 e. The zero-order valence-electron chi connectivity index (χ0n) is 13.2. The van der Waals surface area contributed by atoms with E-state index in [1.54, 1.807) is 29.2 Å². The van der Waals surface area contributed by atoms with E-state index in [1.165, 1.54) is 6.07 Å². The summed E-state index contributed by atoms with van der Waals surface area (Å²) >= 11 is 0. The molecule has 0 radical (unpaired) electrons. The van der Waals surface area contributed by atoms with Crippen LogP contribution >= 0.6 is 0 Å². The third kappa shape index (κ3) is 5.27. The van der Waals surface area contributed by atoms with Crippen molar-refractivity contribution in [1.29, 1.82) is 0 Å². The standard InChI is InChI=1S/C15H18N4O5/c1-2-6-16-15(22)18-13(20)10-23-14(21)12-5-4-11(24-12)9-19-8-3-7-17-19/h3-5,7-8H,2,6,9-10H2,1H3,(H2,16,18,20,22). The van der Waals surface area contributed by atoms with E-state index in [0.29, 0.717) is 18.8 Å². The minimum atomic E-state index is -0.786. The van der Waals surface area contributed by atoms with Gasteiger partial charge in [-0.3, -0.25) is 14.8 Å². The van der Waals surface area contributed by atoms with Crippen molar-refractivity contribution in [2.45, 2.75) is 19.9 Å². The zero-order valence-corrected chi connectivity index (χ0v) is 13.2. The number of amides is 3.